The van der Waals surface area contributed by atoms with Gasteiger partial charge < -0.3 is 13.9 Å². The SMILES string of the molecule is CC(C)(C)c1nc([P+](c2ccccc2)(c2ccccc2)c2ccccc2)c(N2C[C@H]3C[C@@H](C2)c2cccc(=O)n2C3)o1. The molecule has 0 radical (unpaired) electrons. The van der Waals surface area contributed by atoms with Gasteiger partial charge in [-0.15, -0.1) is 0 Å². The van der Waals surface area contributed by atoms with Crippen molar-refractivity contribution >= 4 is 34.5 Å². The third-order valence-corrected chi connectivity index (χ3v) is 12.9. The van der Waals surface area contributed by atoms with Gasteiger partial charge in [0.15, 0.2) is 7.26 Å². The summed E-state index contributed by atoms with van der Waals surface area (Å²) >= 11 is 0. The number of oxazole rings is 1. The normalized spacial score (nSPS) is 18.5. The van der Waals surface area contributed by atoms with Crippen molar-refractivity contribution < 1.29 is 4.42 Å². The standard InChI is InChI=1S/C36H37N3O2P/c1-36(2,3)35-37-33(34(41-35)38-23-26-22-27(25-38)31-20-13-21-32(40)39(31)24-26)42(28-14-7-4-8-15-28,29-16-9-5-10-17-29)30-18-11-6-12-19-30/h4-21,26-27H,22-25H2,1-3H3/q+1/t26-,27+/m1/s1. The Labute approximate surface area is 248 Å². The molecule has 5 nitrogen and oxygen atoms in total. The summed E-state index contributed by atoms with van der Waals surface area (Å²) in [6.45, 7) is 8.90. The van der Waals surface area contributed by atoms with E-state index in [0.717, 1.165) is 49.0 Å². The highest BCUT2D eigenvalue weighted by molar-refractivity contribution is 8.01. The number of benzene rings is 3. The molecule has 0 amide bonds. The first kappa shape index (κ1) is 26.9. The number of pyridine rings is 1. The number of hydrogen-bond donors (Lipinski definition) is 0. The van der Waals surface area contributed by atoms with E-state index in [4.69, 9.17) is 9.40 Å². The molecule has 1 fully saturated rings. The smallest absolute Gasteiger partial charge is 0.261 e. The van der Waals surface area contributed by atoms with E-state index in [1.54, 1.807) is 6.07 Å². The van der Waals surface area contributed by atoms with E-state index in [-0.39, 0.29) is 16.9 Å². The van der Waals surface area contributed by atoms with Crippen LogP contribution in [0.3, 0.4) is 0 Å². The van der Waals surface area contributed by atoms with E-state index < -0.39 is 7.26 Å². The molecule has 0 N–H and O–H groups in total. The van der Waals surface area contributed by atoms with Crippen molar-refractivity contribution in [3.8, 4) is 0 Å². The Kier molecular flexibility index (Phi) is 6.66. The fraction of sp³-hybridized carbons (Fsp3) is 0.278. The minimum absolute atomic E-state index is 0.105. The summed E-state index contributed by atoms with van der Waals surface area (Å²) in [4.78, 5) is 20.7. The molecule has 2 atom stereocenters. The monoisotopic (exact) mass is 574 g/mol. The fourth-order valence-corrected chi connectivity index (χ4v) is 11.1. The second-order valence-corrected chi connectivity index (χ2v) is 16.0. The molecule has 2 aliphatic rings. The lowest BCUT2D eigenvalue weighted by molar-refractivity contribution is 0.272. The molecule has 0 unspecified atom stereocenters. The molecule has 0 saturated carbocycles. The summed E-state index contributed by atoms with van der Waals surface area (Å²) in [5, 5.41) is 3.77. The molecule has 4 heterocycles. The summed E-state index contributed by atoms with van der Waals surface area (Å²) in [5.74, 6) is 2.27. The van der Waals surface area contributed by atoms with Gasteiger partial charge in [0, 0.05) is 42.7 Å². The van der Waals surface area contributed by atoms with Crippen molar-refractivity contribution in [3.63, 3.8) is 0 Å². The van der Waals surface area contributed by atoms with Gasteiger partial charge in [-0.1, -0.05) is 81.4 Å². The van der Waals surface area contributed by atoms with Crippen LogP contribution in [-0.2, 0) is 12.0 Å². The highest BCUT2D eigenvalue weighted by Gasteiger charge is 2.54. The van der Waals surface area contributed by atoms with E-state index >= 15 is 0 Å². The molecule has 6 heteroatoms. The van der Waals surface area contributed by atoms with Gasteiger partial charge in [0.25, 0.3) is 16.9 Å². The molecule has 212 valence electrons. The molecule has 3 aromatic carbocycles. The van der Waals surface area contributed by atoms with Crippen LogP contribution in [0, 0.1) is 5.92 Å². The lowest BCUT2D eigenvalue weighted by Gasteiger charge is -2.42. The molecule has 0 spiro atoms. The van der Waals surface area contributed by atoms with Gasteiger partial charge in [0.05, 0.1) is 0 Å². The zero-order valence-electron chi connectivity index (χ0n) is 24.5. The number of rotatable bonds is 5. The number of nitrogens with zero attached hydrogens (tertiary/aromatic N) is 3. The topological polar surface area (TPSA) is 51.3 Å². The average molecular weight is 575 g/mol. The predicted octanol–water partition coefficient (Wildman–Crippen LogP) is 5.38. The molecular weight excluding hydrogens is 537 g/mol. The van der Waals surface area contributed by atoms with Gasteiger partial charge in [-0.05, 0) is 54.8 Å². The Morgan fingerprint density at radius 3 is 1.86 bits per heavy atom. The van der Waals surface area contributed by atoms with Crippen molar-refractivity contribution in [2.45, 2.75) is 45.1 Å². The van der Waals surface area contributed by atoms with Gasteiger partial charge in [-0.2, -0.15) is 4.98 Å². The summed E-state index contributed by atoms with van der Waals surface area (Å²) < 4.78 is 8.93. The second kappa shape index (κ2) is 10.4. The van der Waals surface area contributed by atoms with Crippen molar-refractivity contribution in [1.82, 2.24) is 9.55 Å². The Bertz CT molecular complexity index is 1660. The van der Waals surface area contributed by atoms with Crippen molar-refractivity contribution in [1.29, 1.82) is 0 Å². The second-order valence-electron chi connectivity index (χ2n) is 12.7. The van der Waals surface area contributed by atoms with Crippen LogP contribution in [0.25, 0.3) is 0 Å². The number of aromatic nitrogens is 2. The van der Waals surface area contributed by atoms with Crippen molar-refractivity contribution in [2.24, 2.45) is 5.92 Å². The maximum absolute atomic E-state index is 12.7. The largest absolute Gasteiger partial charge is 0.420 e. The Hall–Kier alpha value is -3.95. The summed E-state index contributed by atoms with van der Waals surface area (Å²) in [6.07, 6.45) is 1.09. The maximum Gasteiger partial charge on any atom is 0.261 e. The Morgan fingerprint density at radius 2 is 1.31 bits per heavy atom. The summed E-state index contributed by atoms with van der Waals surface area (Å²) in [7, 11) is -2.46. The first-order valence-electron chi connectivity index (χ1n) is 14.9. The third kappa shape index (κ3) is 4.42. The molecule has 7 rings (SSSR count). The van der Waals surface area contributed by atoms with Crippen LogP contribution in [0.15, 0.2) is 118 Å². The molecule has 2 aromatic heterocycles. The summed E-state index contributed by atoms with van der Waals surface area (Å²) in [5.41, 5.74) is 2.00. The fourth-order valence-electron chi connectivity index (χ4n) is 6.88. The Morgan fingerprint density at radius 1 is 0.738 bits per heavy atom. The lowest BCUT2D eigenvalue weighted by Crippen LogP contribution is -2.49. The highest BCUT2D eigenvalue weighted by atomic mass is 31.2. The van der Waals surface area contributed by atoms with E-state index in [1.807, 2.05) is 10.6 Å². The number of anilines is 1. The van der Waals surface area contributed by atoms with Crippen LogP contribution in [0.2, 0.25) is 0 Å². The number of fused-ring (bicyclic) bond motifs is 4. The van der Waals surface area contributed by atoms with Gasteiger partial charge in [0.2, 0.25) is 5.89 Å². The highest BCUT2D eigenvalue weighted by Crippen LogP contribution is 2.56. The minimum Gasteiger partial charge on any atom is -0.420 e. The average Bonchev–Trinajstić information content (AvgIpc) is 3.47. The first-order chi connectivity index (χ1) is 20.4. The molecule has 5 aromatic rings. The first-order valence-corrected chi connectivity index (χ1v) is 16.7. The van der Waals surface area contributed by atoms with Crippen LogP contribution in [0.5, 0.6) is 0 Å². The predicted molar refractivity (Wildman–Crippen MR) is 174 cm³/mol. The van der Waals surface area contributed by atoms with Gasteiger partial charge in [-0.25, -0.2) is 0 Å². The van der Waals surface area contributed by atoms with Crippen LogP contribution in [0.4, 0.5) is 5.88 Å². The quantitative estimate of drug-likeness (QED) is 0.265. The Balaban J connectivity index is 1.49. The zero-order valence-corrected chi connectivity index (χ0v) is 25.4. The molecule has 42 heavy (non-hydrogen) atoms. The van der Waals surface area contributed by atoms with E-state index in [2.05, 4.69) is 123 Å². The van der Waals surface area contributed by atoms with E-state index in [1.165, 1.54) is 15.9 Å². The lowest BCUT2D eigenvalue weighted by atomic mass is 9.83. The molecule has 2 aliphatic heterocycles. The number of piperidine rings is 1. The van der Waals surface area contributed by atoms with Crippen LogP contribution >= 0.6 is 7.26 Å². The van der Waals surface area contributed by atoms with Crippen LogP contribution in [-0.4, -0.2) is 22.6 Å². The van der Waals surface area contributed by atoms with Crippen molar-refractivity contribution in [2.75, 3.05) is 18.0 Å². The number of hydrogen-bond acceptors (Lipinski definition) is 4. The van der Waals surface area contributed by atoms with Gasteiger partial charge in [0.1, 0.15) is 15.9 Å². The van der Waals surface area contributed by atoms with Gasteiger partial charge in [-0.3, -0.25) is 4.79 Å². The van der Waals surface area contributed by atoms with Gasteiger partial charge >= 0.3 is 0 Å². The molecule has 1 saturated heterocycles. The zero-order chi connectivity index (χ0) is 28.9. The molecule has 0 aliphatic carbocycles. The minimum atomic E-state index is -2.46. The summed E-state index contributed by atoms with van der Waals surface area (Å²) in [6, 6.07) is 38.4. The van der Waals surface area contributed by atoms with Crippen LogP contribution in [0.1, 0.15) is 44.7 Å². The molecule has 2 bridgehead atoms. The molecular formula is C36H37N3O2P+. The van der Waals surface area contributed by atoms with Crippen LogP contribution < -0.4 is 31.8 Å². The maximum atomic E-state index is 12.7. The van der Waals surface area contributed by atoms with E-state index in [0.29, 0.717) is 5.92 Å². The van der Waals surface area contributed by atoms with Crippen molar-refractivity contribution in [3.05, 3.63) is 131 Å². The third-order valence-electron chi connectivity index (χ3n) is 8.75. The van der Waals surface area contributed by atoms with E-state index in [9.17, 15) is 4.79 Å².